The summed E-state index contributed by atoms with van der Waals surface area (Å²) < 4.78 is 24.4. The maximum absolute atomic E-state index is 13.8. The summed E-state index contributed by atoms with van der Waals surface area (Å²) in [7, 11) is 2.95. The second-order valence-corrected chi connectivity index (χ2v) is 4.77. The van der Waals surface area contributed by atoms with Gasteiger partial charge in [0.15, 0.2) is 0 Å². The number of methoxy groups -OCH3 is 2. The first kappa shape index (κ1) is 15.1. The van der Waals surface area contributed by atoms with Crippen LogP contribution in [0.1, 0.15) is 11.1 Å². The Morgan fingerprint density at radius 2 is 2.00 bits per heavy atom. The van der Waals surface area contributed by atoms with Crippen molar-refractivity contribution in [1.29, 1.82) is 0 Å². The lowest BCUT2D eigenvalue weighted by atomic mass is 10.1. The third kappa shape index (κ3) is 3.09. The Balaban J connectivity index is 2.48. The Morgan fingerprint density at radius 1 is 1.24 bits per heavy atom. The number of hydrogen-bond acceptors (Lipinski definition) is 4. The van der Waals surface area contributed by atoms with Crippen LogP contribution in [-0.2, 0) is 0 Å². The number of anilines is 1. The zero-order valence-electron chi connectivity index (χ0n) is 11.4. The van der Waals surface area contributed by atoms with Gasteiger partial charge in [-0.2, -0.15) is 0 Å². The SMILES string of the molecule is COc1cccc(F)c1C#Cc1cnc(OC)c(Br)c1N. The highest BCUT2D eigenvalue weighted by atomic mass is 79.9. The highest BCUT2D eigenvalue weighted by Gasteiger charge is 2.10. The quantitative estimate of drug-likeness (QED) is 0.846. The average molecular weight is 351 g/mol. The molecule has 1 heterocycles. The monoisotopic (exact) mass is 350 g/mol. The summed E-state index contributed by atoms with van der Waals surface area (Å²) in [5.41, 5.74) is 6.95. The molecular formula is C15H12BrFN2O2. The highest BCUT2D eigenvalue weighted by molar-refractivity contribution is 9.10. The van der Waals surface area contributed by atoms with E-state index in [-0.39, 0.29) is 5.56 Å². The second kappa shape index (κ2) is 6.46. The Kier molecular flexibility index (Phi) is 4.66. The molecule has 0 amide bonds. The molecule has 0 spiro atoms. The van der Waals surface area contributed by atoms with Crippen molar-refractivity contribution in [2.75, 3.05) is 20.0 Å². The van der Waals surface area contributed by atoms with Crippen molar-refractivity contribution in [2.24, 2.45) is 0 Å². The molecule has 0 aliphatic heterocycles. The number of pyridine rings is 1. The van der Waals surface area contributed by atoms with Crippen LogP contribution in [0.25, 0.3) is 0 Å². The van der Waals surface area contributed by atoms with E-state index in [9.17, 15) is 4.39 Å². The van der Waals surface area contributed by atoms with Gasteiger partial charge in [0.05, 0.1) is 25.5 Å². The molecule has 0 unspecified atom stereocenters. The molecule has 0 atom stereocenters. The van der Waals surface area contributed by atoms with Gasteiger partial charge >= 0.3 is 0 Å². The minimum atomic E-state index is -0.457. The lowest BCUT2D eigenvalue weighted by Crippen LogP contribution is -1.98. The molecule has 6 heteroatoms. The first-order chi connectivity index (χ1) is 10.1. The molecule has 0 aliphatic rings. The van der Waals surface area contributed by atoms with E-state index in [1.807, 2.05) is 0 Å². The van der Waals surface area contributed by atoms with Crippen LogP contribution in [0, 0.1) is 17.7 Å². The van der Waals surface area contributed by atoms with Gasteiger partial charge in [-0.25, -0.2) is 9.37 Å². The summed E-state index contributed by atoms with van der Waals surface area (Å²) in [6.45, 7) is 0. The van der Waals surface area contributed by atoms with Crippen molar-refractivity contribution in [2.45, 2.75) is 0 Å². The van der Waals surface area contributed by atoms with Crippen molar-refractivity contribution in [3.8, 4) is 23.5 Å². The molecule has 4 nitrogen and oxygen atoms in total. The summed E-state index contributed by atoms with van der Waals surface area (Å²) in [6.07, 6.45) is 1.47. The Hall–Kier alpha value is -2.26. The van der Waals surface area contributed by atoms with E-state index in [4.69, 9.17) is 15.2 Å². The third-order valence-corrected chi connectivity index (χ3v) is 3.50. The molecule has 0 saturated carbocycles. The number of nitrogens with two attached hydrogens (primary N) is 1. The van der Waals surface area contributed by atoms with Gasteiger partial charge in [-0.05, 0) is 28.1 Å². The predicted octanol–water partition coefficient (Wildman–Crippen LogP) is 2.98. The van der Waals surface area contributed by atoms with E-state index in [0.717, 1.165) is 0 Å². The smallest absolute Gasteiger partial charge is 0.229 e. The first-order valence-electron chi connectivity index (χ1n) is 5.91. The van der Waals surface area contributed by atoms with E-state index < -0.39 is 5.82 Å². The molecule has 0 saturated heterocycles. The molecule has 2 N–H and O–H groups in total. The topological polar surface area (TPSA) is 57.4 Å². The lowest BCUT2D eigenvalue weighted by molar-refractivity contribution is 0.395. The predicted molar refractivity (Wildman–Crippen MR) is 81.8 cm³/mol. The van der Waals surface area contributed by atoms with E-state index in [0.29, 0.717) is 27.4 Å². The van der Waals surface area contributed by atoms with Gasteiger partial charge in [0.25, 0.3) is 0 Å². The van der Waals surface area contributed by atoms with Gasteiger partial charge in [-0.15, -0.1) is 0 Å². The largest absolute Gasteiger partial charge is 0.495 e. The molecule has 0 fully saturated rings. The van der Waals surface area contributed by atoms with Gasteiger partial charge in [-0.1, -0.05) is 17.9 Å². The van der Waals surface area contributed by atoms with Crippen molar-refractivity contribution < 1.29 is 13.9 Å². The van der Waals surface area contributed by atoms with Crippen LogP contribution in [0.3, 0.4) is 0 Å². The number of aromatic nitrogens is 1. The summed E-state index contributed by atoms with van der Waals surface area (Å²) in [5.74, 6) is 5.78. The molecule has 2 rings (SSSR count). The second-order valence-electron chi connectivity index (χ2n) is 3.98. The Bertz CT molecular complexity index is 738. The van der Waals surface area contributed by atoms with Gasteiger partial charge in [0, 0.05) is 6.20 Å². The van der Waals surface area contributed by atoms with Crippen LogP contribution in [0.4, 0.5) is 10.1 Å². The summed E-state index contributed by atoms with van der Waals surface area (Å²) >= 11 is 3.28. The highest BCUT2D eigenvalue weighted by Crippen LogP contribution is 2.30. The normalized spacial score (nSPS) is 9.71. The molecule has 0 bridgehead atoms. The Labute approximate surface area is 130 Å². The zero-order valence-corrected chi connectivity index (χ0v) is 13.0. The maximum Gasteiger partial charge on any atom is 0.229 e. The molecule has 0 aliphatic carbocycles. The fourth-order valence-corrected chi connectivity index (χ4v) is 2.13. The van der Waals surface area contributed by atoms with Crippen LogP contribution in [0.5, 0.6) is 11.6 Å². The third-order valence-electron chi connectivity index (χ3n) is 2.74. The van der Waals surface area contributed by atoms with Crippen molar-refractivity contribution >= 4 is 21.6 Å². The van der Waals surface area contributed by atoms with E-state index >= 15 is 0 Å². The molecule has 1 aromatic carbocycles. The number of hydrogen-bond donors (Lipinski definition) is 1. The Morgan fingerprint density at radius 3 is 2.67 bits per heavy atom. The van der Waals surface area contributed by atoms with Crippen molar-refractivity contribution in [3.63, 3.8) is 0 Å². The number of ether oxygens (including phenoxy) is 2. The fourth-order valence-electron chi connectivity index (χ4n) is 1.65. The number of rotatable bonds is 2. The van der Waals surface area contributed by atoms with E-state index in [1.165, 1.54) is 26.5 Å². The molecule has 2 aromatic rings. The summed E-state index contributed by atoms with van der Waals surface area (Å²) in [4.78, 5) is 4.06. The lowest BCUT2D eigenvalue weighted by Gasteiger charge is -2.06. The molecular weight excluding hydrogens is 339 g/mol. The summed E-state index contributed by atoms with van der Waals surface area (Å²) in [5, 5.41) is 0. The fraction of sp³-hybridized carbons (Fsp3) is 0.133. The van der Waals surface area contributed by atoms with Crippen LogP contribution in [-0.4, -0.2) is 19.2 Å². The average Bonchev–Trinajstić information content (AvgIpc) is 2.49. The first-order valence-corrected chi connectivity index (χ1v) is 6.70. The molecule has 21 heavy (non-hydrogen) atoms. The van der Waals surface area contributed by atoms with Crippen LogP contribution in [0.15, 0.2) is 28.9 Å². The number of nitrogen functional groups attached to an aromatic ring is 1. The van der Waals surface area contributed by atoms with Crippen molar-refractivity contribution in [3.05, 3.63) is 45.8 Å². The van der Waals surface area contributed by atoms with Crippen LogP contribution in [0.2, 0.25) is 0 Å². The van der Waals surface area contributed by atoms with Crippen LogP contribution >= 0.6 is 15.9 Å². The van der Waals surface area contributed by atoms with Crippen LogP contribution < -0.4 is 15.2 Å². The minimum absolute atomic E-state index is 0.173. The standard InChI is InChI=1S/C15H12BrFN2O2/c1-20-12-5-3-4-11(17)10(12)7-6-9-8-19-15(21-2)13(16)14(9)18/h3-5,8H,1-2H3,(H2,18,19). The minimum Gasteiger partial charge on any atom is -0.495 e. The van der Waals surface area contributed by atoms with Gasteiger partial charge in [-0.3, -0.25) is 0 Å². The molecule has 1 aromatic heterocycles. The van der Waals surface area contributed by atoms with Gasteiger partial charge in [0.2, 0.25) is 5.88 Å². The summed E-state index contributed by atoms with van der Waals surface area (Å²) in [6, 6.07) is 4.51. The number of nitrogens with zero attached hydrogens (tertiary/aromatic N) is 1. The van der Waals surface area contributed by atoms with E-state index in [2.05, 4.69) is 32.8 Å². The van der Waals surface area contributed by atoms with Gasteiger partial charge in [0.1, 0.15) is 21.6 Å². The number of halogens is 2. The molecule has 108 valence electrons. The number of benzene rings is 1. The molecule has 0 radical (unpaired) electrons. The van der Waals surface area contributed by atoms with Crippen molar-refractivity contribution in [1.82, 2.24) is 4.98 Å². The van der Waals surface area contributed by atoms with Gasteiger partial charge < -0.3 is 15.2 Å². The maximum atomic E-state index is 13.8. The van der Waals surface area contributed by atoms with E-state index in [1.54, 1.807) is 12.1 Å². The zero-order chi connectivity index (χ0) is 15.4.